The Bertz CT molecular complexity index is 354. The van der Waals surface area contributed by atoms with E-state index in [-0.39, 0.29) is 6.10 Å². The van der Waals surface area contributed by atoms with Gasteiger partial charge in [-0.1, -0.05) is 18.2 Å². The molecular weight excluding hydrogens is 236 g/mol. The van der Waals surface area contributed by atoms with E-state index in [0.29, 0.717) is 11.8 Å². The Morgan fingerprint density at radius 2 is 2.24 bits per heavy atom. The number of hydrogen-bond donors (Lipinski definition) is 1. The Morgan fingerprint density at radius 1 is 1.41 bits per heavy atom. The molecule has 1 aliphatic heterocycles. The first-order valence-corrected chi connectivity index (χ1v) is 6.80. The van der Waals surface area contributed by atoms with Crippen molar-refractivity contribution in [2.24, 2.45) is 0 Å². The third kappa shape index (κ3) is 3.36. The SMILES string of the molecule is OC(CCCCl)CC1CCOc2ccccc21. The van der Waals surface area contributed by atoms with Gasteiger partial charge in [-0.25, -0.2) is 0 Å². The van der Waals surface area contributed by atoms with E-state index < -0.39 is 0 Å². The molecule has 0 spiro atoms. The predicted octanol–water partition coefficient (Wildman–Crippen LogP) is 3.32. The second-order valence-electron chi connectivity index (χ2n) is 4.59. The fourth-order valence-corrected chi connectivity index (χ4v) is 2.57. The minimum Gasteiger partial charge on any atom is -0.493 e. The number of rotatable bonds is 5. The molecule has 94 valence electrons. The minimum atomic E-state index is -0.245. The smallest absolute Gasteiger partial charge is 0.122 e. The highest BCUT2D eigenvalue weighted by atomic mass is 35.5. The van der Waals surface area contributed by atoms with E-state index in [4.69, 9.17) is 16.3 Å². The zero-order chi connectivity index (χ0) is 12.1. The molecule has 2 unspecified atom stereocenters. The van der Waals surface area contributed by atoms with Gasteiger partial charge < -0.3 is 9.84 Å². The van der Waals surface area contributed by atoms with Gasteiger partial charge in [0.05, 0.1) is 12.7 Å². The van der Waals surface area contributed by atoms with Gasteiger partial charge in [-0.2, -0.15) is 0 Å². The van der Waals surface area contributed by atoms with Gasteiger partial charge in [0.2, 0.25) is 0 Å². The lowest BCUT2D eigenvalue weighted by molar-refractivity contribution is 0.134. The molecule has 0 bridgehead atoms. The van der Waals surface area contributed by atoms with Crippen molar-refractivity contribution in [3.05, 3.63) is 29.8 Å². The third-order valence-electron chi connectivity index (χ3n) is 3.31. The molecule has 17 heavy (non-hydrogen) atoms. The Hall–Kier alpha value is -0.730. The maximum absolute atomic E-state index is 9.96. The first-order valence-electron chi connectivity index (χ1n) is 6.27. The van der Waals surface area contributed by atoms with Crippen LogP contribution in [0.5, 0.6) is 5.75 Å². The predicted molar refractivity (Wildman–Crippen MR) is 69.9 cm³/mol. The molecule has 0 aromatic heterocycles. The Labute approximate surface area is 108 Å². The molecule has 1 heterocycles. The van der Waals surface area contributed by atoms with Gasteiger partial charge >= 0.3 is 0 Å². The zero-order valence-electron chi connectivity index (χ0n) is 9.94. The summed E-state index contributed by atoms with van der Waals surface area (Å²) < 4.78 is 5.61. The topological polar surface area (TPSA) is 29.5 Å². The molecule has 0 saturated carbocycles. The summed E-state index contributed by atoms with van der Waals surface area (Å²) in [5.41, 5.74) is 1.24. The van der Waals surface area contributed by atoms with Crippen molar-refractivity contribution in [3.8, 4) is 5.75 Å². The fourth-order valence-electron chi connectivity index (χ4n) is 2.42. The van der Waals surface area contributed by atoms with Crippen LogP contribution in [0.1, 0.15) is 37.2 Å². The van der Waals surface area contributed by atoms with Crippen LogP contribution < -0.4 is 4.74 Å². The number of alkyl halides is 1. The van der Waals surface area contributed by atoms with Crippen LogP contribution >= 0.6 is 11.6 Å². The quantitative estimate of drug-likeness (QED) is 0.817. The summed E-state index contributed by atoms with van der Waals surface area (Å²) in [6.45, 7) is 0.754. The molecule has 0 fully saturated rings. The highest BCUT2D eigenvalue weighted by Gasteiger charge is 2.23. The summed E-state index contributed by atoms with van der Waals surface area (Å²) in [7, 11) is 0. The van der Waals surface area contributed by atoms with Crippen molar-refractivity contribution in [2.75, 3.05) is 12.5 Å². The van der Waals surface area contributed by atoms with Crippen molar-refractivity contribution >= 4 is 11.6 Å². The maximum atomic E-state index is 9.96. The summed E-state index contributed by atoms with van der Waals surface area (Å²) in [5.74, 6) is 2.03. The normalized spacial score (nSPS) is 20.5. The molecule has 0 aliphatic carbocycles. The summed E-state index contributed by atoms with van der Waals surface area (Å²) in [6, 6.07) is 8.14. The lowest BCUT2D eigenvalue weighted by Gasteiger charge is -2.27. The number of hydrogen-bond acceptors (Lipinski definition) is 2. The van der Waals surface area contributed by atoms with Crippen LogP contribution in [0.2, 0.25) is 0 Å². The van der Waals surface area contributed by atoms with Gasteiger partial charge in [-0.05, 0) is 43.2 Å². The molecule has 1 N–H and O–H groups in total. The number of benzene rings is 1. The van der Waals surface area contributed by atoms with Crippen molar-refractivity contribution in [2.45, 2.75) is 37.7 Å². The lowest BCUT2D eigenvalue weighted by Crippen LogP contribution is -2.19. The highest BCUT2D eigenvalue weighted by molar-refractivity contribution is 6.17. The van der Waals surface area contributed by atoms with Crippen LogP contribution in [0.4, 0.5) is 0 Å². The van der Waals surface area contributed by atoms with E-state index in [9.17, 15) is 5.11 Å². The molecule has 0 saturated heterocycles. The summed E-state index contributed by atoms with van der Waals surface area (Å²) in [4.78, 5) is 0. The second-order valence-corrected chi connectivity index (χ2v) is 4.97. The van der Waals surface area contributed by atoms with Crippen LogP contribution in [-0.2, 0) is 0 Å². The van der Waals surface area contributed by atoms with Gasteiger partial charge in [0.15, 0.2) is 0 Å². The molecule has 2 rings (SSSR count). The number of aliphatic hydroxyl groups excluding tert-OH is 1. The van der Waals surface area contributed by atoms with E-state index >= 15 is 0 Å². The van der Waals surface area contributed by atoms with Gasteiger partial charge in [-0.15, -0.1) is 11.6 Å². The van der Waals surface area contributed by atoms with Gasteiger partial charge in [0, 0.05) is 5.88 Å². The van der Waals surface area contributed by atoms with Crippen LogP contribution in [0.15, 0.2) is 24.3 Å². The number of ether oxygens (including phenoxy) is 1. The molecular formula is C14H19ClO2. The van der Waals surface area contributed by atoms with Gasteiger partial charge in [0.25, 0.3) is 0 Å². The maximum Gasteiger partial charge on any atom is 0.122 e. The number of aliphatic hydroxyl groups is 1. The zero-order valence-corrected chi connectivity index (χ0v) is 10.7. The average molecular weight is 255 g/mol. The van der Waals surface area contributed by atoms with Crippen LogP contribution in [-0.4, -0.2) is 23.7 Å². The molecule has 2 atom stereocenters. The third-order valence-corrected chi connectivity index (χ3v) is 3.58. The van der Waals surface area contributed by atoms with E-state index in [1.807, 2.05) is 18.2 Å². The molecule has 3 heteroatoms. The van der Waals surface area contributed by atoms with Crippen molar-refractivity contribution < 1.29 is 9.84 Å². The van der Waals surface area contributed by atoms with Gasteiger partial charge in [0.1, 0.15) is 5.75 Å². The van der Waals surface area contributed by atoms with Crippen LogP contribution in [0.3, 0.4) is 0 Å². The van der Waals surface area contributed by atoms with Crippen molar-refractivity contribution in [3.63, 3.8) is 0 Å². The molecule has 1 aromatic carbocycles. The molecule has 0 radical (unpaired) electrons. The standard InChI is InChI=1S/C14H19ClO2/c15-8-3-4-12(16)10-11-7-9-17-14-6-2-1-5-13(11)14/h1-2,5-6,11-12,16H,3-4,7-10H2. The largest absolute Gasteiger partial charge is 0.493 e. The summed E-state index contributed by atoms with van der Waals surface area (Å²) in [5, 5.41) is 9.96. The minimum absolute atomic E-state index is 0.245. The van der Waals surface area contributed by atoms with Crippen molar-refractivity contribution in [1.82, 2.24) is 0 Å². The molecule has 0 amide bonds. The average Bonchev–Trinajstić information content (AvgIpc) is 2.37. The van der Waals surface area contributed by atoms with Crippen LogP contribution in [0, 0.1) is 0 Å². The molecule has 1 aliphatic rings. The highest BCUT2D eigenvalue weighted by Crippen LogP contribution is 2.36. The molecule has 1 aromatic rings. The van der Waals surface area contributed by atoms with E-state index in [1.54, 1.807) is 0 Å². The fraction of sp³-hybridized carbons (Fsp3) is 0.571. The second kappa shape index (κ2) is 6.27. The Kier molecular flexibility index (Phi) is 4.69. The Morgan fingerprint density at radius 3 is 3.06 bits per heavy atom. The number of halogens is 1. The van der Waals surface area contributed by atoms with Crippen molar-refractivity contribution in [1.29, 1.82) is 0 Å². The number of para-hydroxylation sites is 1. The number of fused-ring (bicyclic) bond motifs is 1. The Balaban J connectivity index is 1.98. The summed E-state index contributed by atoms with van der Waals surface area (Å²) >= 11 is 5.64. The van der Waals surface area contributed by atoms with Crippen LogP contribution in [0.25, 0.3) is 0 Å². The lowest BCUT2D eigenvalue weighted by atomic mass is 9.87. The van der Waals surface area contributed by atoms with E-state index in [2.05, 4.69) is 6.07 Å². The molecule has 2 nitrogen and oxygen atoms in total. The first-order chi connectivity index (χ1) is 8.31. The monoisotopic (exact) mass is 254 g/mol. The van der Waals surface area contributed by atoms with Gasteiger partial charge in [-0.3, -0.25) is 0 Å². The first kappa shape index (κ1) is 12.7. The summed E-state index contributed by atoms with van der Waals surface area (Å²) in [6.07, 6.45) is 3.24. The van der Waals surface area contributed by atoms with E-state index in [0.717, 1.165) is 38.0 Å². The van der Waals surface area contributed by atoms with E-state index in [1.165, 1.54) is 5.56 Å².